The van der Waals surface area contributed by atoms with Gasteiger partial charge < -0.3 is 5.32 Å². The highest BCUT2D eigenvalue weighted by atomic mass is 35.5. The molecule has 1 atom stereocenters. The Morgan fingerprint density at radius 3 is 2.55 bits per heavy atom. The number of carbonyl (C=O) groups excluding carboxylic acids is 2. The van der Waals surface area contributed by atoms with Gasteiger partial charge in [0.15, 0.2) is 0 Å². The fraction of sp³-hybridized carbons (Fsp3) is 0.125. The standard InChI is InChI=1S/C16H12ClFN2O2/c17-10-2-1-3-12(8-10)19-14-9-15(21)20(16(14)22)13-6-4-11(18)5-7-13/h1-8,14,19H,9H2/t14-/m1/s1. The summed E-state index contributed by atoms with van der Waals surface area (Å²) in [6.45, 7) is 0. The van der Waals surface area contributed by atoms with Crippen molar-refractivity contribution in [3.63, 3.8) is 0 Å². The van der Waals surface area contributed by atoms with E-state index in [4.69, 9.17) is 11.6 Å². The third kappa shape index (κ3) is 2.80. The van der Waals surface area contributed by atoms with Crippen LogP contribution in [-0.4, -0.2) is 17.9 Å². The number of nitrogens with zero attached hydrogens (tertiary/aromatic N) is 1. The summed E-state index contributed by atoms with van der Waals surface area (Å²) in [6, 6.07) is 11.5. The number of nitrogens with one attached hydrogen (secondary N) is 1. The first kappa shape index (κ1) is 14.5. The van der Waals surface area contributed by atoms with Gasteiger partial charge in [-0.1, -0.05) is 17.7 Å². The van der Waals surface area contributed by atoms with Gasteiger partial charge in [-0.15, -0.1) is 0 Å². The lowest BCUT2D eigenvalue weighted by molar-refractivity contribution is -0.121. The maximum Gasteiger partial charge on any atom is 0.256 e. The molecule has 1 aliphatic heterocycles. The van der Waals surface area contributed by atoms with E-state index in [2.05, 4.69) is 5.32 Å². The summed E-state index contributed by atoms with van der Waals surface area (Å²) in [5.74, 6) is -1.11. The van der Waals surface area contributed by atoms with Crippen LogP contribution >= 0.6 is 11.6 Å². The van der Waals surface area contributed by atoms with Gasteiger partial charge in [0, 0.05) is 10.7 Å². The molecule has 1 fully saturated rings. The summed E-state index contributed by atoms with van der Waals surface area (Å²) in [5.41, 5.74) is 1.03. The summed E-state index contributed by atoms with van der Waals surface area (Å²) < 4.78 is 13.0. The number of imide groups is 1. The zero-order chi connectivity index (χ0) is 15.7. The molecule has 0 spiro atoms. The van der Waals surface area contributed by atoms with Crippen molar-refractivity contribution in [3.05, 3.63) is 59.4 Å². The van der Waals surface area contributed by atoms with Gasteiger partial charge in [0.1, 0.15) is 11.9 Å². The highest BCUT2D eigenvalue weighted by Gasteiger charge is 2.39. The molecule has 2 aromatic rings. The minimum absolute atomic E-state index is 0.0444. The molecule has 2 amide bonds. The number of amides is 2. The van der Waals surface area contributed by atoms with Crippen LogP contribution in [0, 0.1) is 5.82 Å². The van der Waals surface area contributed by atoms with E-state index in [0.29, 0.717) is 16.4 Å². The Labute approximate surface area is 131 Å². The molecular formula is C16H12ClFN2O2. The molecule has 4 nitrogen and oxygen atoms in total. The summed E-state index contributed by atoms with van der Waals surface area (Å²) in [4.78, 5) is 25.6. The van der Waals surface area contributed by atoms with E-state index in [0.717, 1.165) is 4.90 Å². The number of benzene rings is 2. The number of hydrogen-bond donors (Lipinski definition) is 1. The predicted molar refractivity (Wildman–Crippen MR) is 82.4 cm³/mol. The molecule has 2 aromatic carbocycles. The molecule has 0 bridgehead atoms. The molecule has 0 unspecified atom stereocenters. The average Bonchev–Trinajstić information content (AvgIpc) is 2.75. The van der Waals surface area contributed by atoms with E-state index in [1.807, 2.05) is 0 Å². The third-order valence-corrected chi connectivity index (χ3v) is 3.63. The lowest BCUT2D eigenvalue weighted by Crippen LogP contribution is -2.34. The van der Waals surface area contributed by atoms with Crippen LogP contribution in [0.25, 0.3) is 0 Å². The average molecular weight is 319 g/mol. The van der Waals surface area contributed by atoms with Crippen LogP contribution in [0.1, 0.15) is 6.42 Å². The smallest absolute Gasteiger partial charge is 0.256 e. The van der Waals surface area contributed by atoms with Gasteiger partial charge in [-0.3, -0.25) is 9.59 Å². The van der Waals surface area contributed by atoms with Crippen LogP contribution in [-0.2, 0) is 9.59 Å². The maximum atomic E-state index is 13.0. The highest BCUT2D eigenvalue weighted by molar-refractivity contribution is 6.30. The van der Waals surface area contributed by atoms with Crippen molar-refractivity contribution < 1.29 is 14.0 Å². The van der Waals surface area contributed by atoms with Crippen molar-refractivity contribution in [3.8, 4) is 0 Å². The van der Waals surface area contributed by atoms with Crippen LogP contribution in [0.3, 0.4) is 0 Å². The van der Waals surface area contributed by atoms with Crippen molar-refractivity contribution in [2.24, 2.45) is 0 Å². The van der Waals surface area contributed by atoms with Gasteiger partial charge in [-0.2, -0.15) is 0 Å². The lowest BCUT2D eigenvalue weighted by atomic mass is 10.2. The van der Waals surface area contributed by atoms with E-state index < -0.39 is 11.9 Å². The van der Waals surface area contributed by atoms with Gasteiger partial charge >= 0.3 is 0 Å². The molecule has 6 heteroatoms. The SMILES string of the molecule is O=C1C[C@@H](Nc2cccc(Cl)c2)C(=O)N1c1ccc(F)cc1. The number of carbonyl (C=O) groups is 2. The highest BCUT2D eigenvalue weighted by Crippen LogP contribution is 2.25. The molecule has 0 radical (unpaired) electrons. The normalized spacial score (nSPS) is 17.9. The zero-order valence-corrected chi connectivity index (χ0v) is 12.2. The minimum atomic E-state index is -0.656. The monoisotopic (exact) mass is 318 g/mol. The van der Waals surface area contributed by atoms with Crippen LogP contribution in [0.2, 0.25) is 5.02 Å². The largest absolute Gasteiger partial charge is 0.373 e. The lowest BCUT2D eigenvalue weighted by Gasteiger charge is -2.16. The first-order valence-electron chi connectivity index (χ1n) is 6.69. The van der Waals surface area contributed by atoms with Gasteiger partial charge in [-0.25, -0.2) is 9.29 Å². The van der Waals surface area contributed by atoms with Crippen molar-refractivity contribution in [2.45, 2.75) is 12.5 Å². The van der Waals surface area contributed by atoms with Crippen molar-refractivity contribution in [1.82, 2.24) is 0 Å². The Balaban J connectivity index is 1.81. The summed E-state index contributed by atoms with van der Waals surface area (Å²) in [6.07, 6.45) is 0.0444. The van der Waals surface area contributed by atoms with Crippen LogP contribution in [0.15, 0.2) is 48.5 Å². The van der Waals surface area contributed by atoms with Gasteiger partial charge in [-0.05, 0) is 42.5 Å². The van der Waals surface area contributed by atoms with Gasteiger partial charge in [0.2, 0.25) is 5.91 Å². The fourth-order valence-corrected chi connectivity index (χ4v) is 2.58. The molecule has 3 rings (SSSR count). The molecule has 22 heavy (non-hydrogen) atoms. The number of halogens is 2. The second kappa shape index (κ2) is 5.77. The van der Waals surface area contributed by atoms with E-state index in [9.17, 15) is 14.0 Å². The zero-order valence-electron chi connectivity index (χ0n) is 11.4. The molecular weight excluding hydrogens is 307 g/mol. The molecule has 112 valence electrons. The molecule has 0 aromatic heterocycles. The van der Waals surface area contributed by atoms with E-state index in [1.54, 1.807) is 24.3 Å². The quantitative estimate of drug-likeness (QED) is 0.884. The van der Waals surface area contributed by atoms with E-state index in [-0.39, 0.29) is 18.2 Å². The molecule has 1 aliphatic rings. The van der Waals surface area contributed by atoms with E-state index >= 15 is 0 Å². The maximum absolute atomic E-state index is 13.0. The Morgan fingerprint density at radius 2 is 1.86 bits per heavy atom. The Bertz CT molecular complexity index is 733. The predicted octanol–water partition coefficient (Wildman–Crippen LogP) is 3.22. The molecule has 1 heterocycles. The van der Waals surface area contributed by atoms with Crippen molar-refractivity contribution in [1.29, 1.82) is 0 Å². The van der Waals surface area contributed by atoms with Crippen LogP contribution in [0.4, 0.5) is 15.8 Å². The Hall–Kier alpha value is -2.40. The number of anilines is 2. The molecule has 0 aliphatic carbocycles. The molecule has 1 saturated heterocycles. The van der Waals surface area contributed by atoms with Crippen LogP contribution in [0.5, 0.6) is 0 Å². The van der Waals surface area contributed by atoms with E-state index in [1.165, 1.54) is 24.3 Å². The summed E-state index contributed by atoms with van der Waals surface area (Å²) in [5, 5.41) is 3.54. The minimum Gasteiger partial charge on any atom is -0.373 e. The Kier molecular flexibility index (Phi) is 3.81. The first-order valence-corrected chi connectivity index (χ1v) is 7.07. The molecule has 1 N–H and O–H groups in total. The first-order chi connectivity index (χ1) is 10.5. The summed E-state index contributed by atoms with van der Waals surface area (Å²) >= 11 is 5.90. The van der Waals surface area contributed by atoms with Gasteiger partial charge in [0.05, 0.1) is 12.1 Å². The summed E-state index contributed by atoms with van der Waals surface area (Å²) in [7, 11) is 0. The number of rotatable bonds is 3. The second-order valence-corrected chi connectivity index (χ2v) is 5.39. The van der Waals surface area contributed by atoms with Crippen molar-refractivity contribution in [2.75, 3.05) is 10.2 Å². The van der Waals surface area contributed by atoms with Crippen molar-refractivity contribution >= 4 is 34.8 Å². The number of hydrogen-bond acceptors (Lipinski definition) is 3. The topological polar surface area (TPSA) is 49.4 Å². The molecule has 0 saturated carbocycles. The van der Waals surface area contributed by atoms with Crippen LogP contribution < -0.4 is 10.2 Å². The van der Waals surface area contributed by atoms with Gasteiger partial charge in [0.25, 0.3) is 5.91 Å². The Morgan fingerprint density at radius 1 is 1.14 bits per heavy atom. The third-order valence-electron chi connectivity index (χ3n) is 3.40. The fourth-order valence-electron chi connectivity index (χ4n) is 2.39. The second-order valence-electron chi connectivity index (χ2n) is 4.96.